The van der Waals surface area contributed by atoms with Gasteiger partial charge in [0.1, 0.15) is 23.7 Å². The Kier molecular flexibility index (Phi) is 5.92. The van der Waals surface area contributed by atoms with E-state index in [-0.39, 0.29) is 17.8 Å². The molecule has 1 aromatic heterocycles. The van der Waals surface area contributed by atoms with Crippen LogP contribution in [0.25, 0.3) is 0 Å². The van der Waals surface area contributed by atoms with Crippen LogP contribution in [0.4, 0.5) is 10.2 Å². The molecule has 7 nitrogen and oxygen atoms in total. The second kappa shape index (κ2) is 9.15. The monoisotopic (exact) mass is 446 g/mol. The smallest absolute Gasteiger partial charge is 0.245 e. The Labute approximate surface area is 192 Å². The van der Waals surface area contributed by atoms with Gasteiger partial charge in [-0.1, -0.05) is 24.3 Å². The molecule has 1 fully saturated rings. The summed E-state index contributed by atoms with van der Waals surface area (Å²) in [4.78, 5) is 25.0. The quantitative estimate of drug-likeness (QED) is 0.598. The number of fused-ring (bicyclic) bond motifs is 1. The fourth-order valence-corrected chi connectivity index (χ4v) is 4.40. The molecule has 169 valence electrons. The Morgan fingerprint density at radius 1 is 1.03 bits per heavy atom. The van der Waals surface area contributed by atoms with Gasteiger partial charge in [-0.15, -0.1) is 0 Å². The standard InChI is InChI=1S/C25H25FN5O2/c1-17(18-5-7-20(26)8-6-18)30-9-11-31(12-10-30)23-14-25(29-16-28-23)33-22-4-2-3-19-13-24(32)27-15-21(19)22/h2-8,14,16-17H,9-13,15H2,1H3/t17-/m0/s1. The Bertz CT molecular complexity index is 1150. The highest BCUT2D eigenvalue weighted by Crippen LogP contribution is 2.31. The number of nitrogens with zero attached hydrogens (tertiary/aromatic N) is 5. The zero-order valence-corrected chi connectivity index (χ0v) is 18.4. The molecule has 2 aromatic carbocycles. The third-order valence-electron chi connectivity index (χ3n) is 6.37. The first-order valence-corrected chi connectivity index (χ1v) is 11.1. The zero-order valence-electron chi connectivity index (χ0n) is 18.4. The van der Waals surface area contributed by atoms with Crippen LogP contribution in [-0.2, 0) is 17.8 Å². The molecular formula is C25H25FN5O2. The molecule has 1 radical (unpaired) electrons. The van der Waals surface area contributed by atoms with Crippen molar-refractivity contribution in [2.75, 3.05) is 31.1 Å². The number of rotatable bonds is 5. The van der Waals surface area contributed by atoms with Gasteiger partial charge in [0.25, 0.3) is 0 Å². The fourth-order valence-electron chi connectivity index (χ4n) is 4.40. The summed E-state index contributed by atoms with van der Waals surface area (Å²) < 4.78 is 19.3. The van der Waals surface area contributed by atoms with Crippen molar-refractivity contribution in [3.05, 3.63) is 77.4 Å². The molecule has 5 rings (SSSR count). The number of halogens is 1. The summed E-state index contributed by atoms with van der Waals surface area (Å²) in [7, 11) is 0. The van der Waals surface area contributed by atoms with Crippen molar-refractivity contribution in [3.63, 3.8) is 0 Å². The number of carbonyl (C=O) groups is 1. The number of ether oxygens (including phenoxy) is 1. The number of aromatic nitrogens is 2. The molecule has 8 heteroatoms. The maximum absolute atomic E-state index is 13.2. The molecular weight excluding hydrogens is 421 g/mol. The van der Waals surface area contributed by atoms with E-state index in [1.165, 1.54) is 18.5 Å². The lowest BCUT2D eigenvalue weighted by molar-refractivity contribution is -0.121. The normalized spacial score (nSPS) is 17.3. The van der Waals surface area contributed by atoms with Crippen molar-refractivity contribution in [1.29, 1.82) is 0 Å². The van der Waals surface area contributed by atoms with E-state index in [2.05, 4.69) is 32.0 Å². The summed E-state index contributed by atoms with van der Waals surface area (Å²) >= 11 is 0. The largest absolute Gasteiger partial charge is 0.438 e. The molecule has 1 atom stereocenters. The molecule has 0 spiro atoms. The van der Waals surface area contributed by atoms with Gasteiger partial charge >= 0.3 is 0 Å². The first kappa shape index (κ1) is 21.3. The summed E-state index contributed by atoms with van der Waals surface area (Å²) in [6.45, 7) is 5.88. The van der Waals surface area contributed by atoms with Gasteiger partial charge in [0.15, 0.2) is 0 Å². The van der Waals surface area contributed by atoms with Gasteiger partial charge in [0, 0.05) is 43.9 Å². The average molecular weight is 447 g/mol. The number of carbonyl (C=O) groups excluding carboxylic acids is 1. The van der Waals surface area contributed by atoms with Crippen molar-refractivity contribution >= 4 is 11.7 Å². The molecule has 0 aliphatic carbocycles. The highest BCUT2D eigenvalue weighted by molar-refractivity contribution is 5.80. The first-order chi connectivity index (χ1) is 16.1. The van der Waals surface area contributed by atoms with Crippen LogP contribution in [0.2, 0.25) is 0 Å². The summed E-state index contributed by atoms with van der Waals surface area (Å²) in [5, 5.41) is 4.03. The van der Waals surface area contributed by atoms with Crippen LogP contribution in [0.5, 0.6) is 11.6 Å². The Morgan fingerprint density at radius 2 is 1.82 bits per heavy atom. The summed E-state index contributed by atoms with van der Waals surface area (Å²) in [6.07, 6.45) is 1.82. The van der Waals surface area contributed by atoms with Crippen LogP contribution in [-0.4, -0.2) is 47.0 Å². The average Bonchev–Trinajstić information content (AvgIpc) is 2.84. The lowest BCUT2D eigenvalue weighted by Gasteiger charge is -2.38. The predicted octanol–water partition coefficient (Wildman–Crippen LogP) is 3.48. The van der Waals surface area contributed by atoms with Crippen molar-refractivity contribution < 1.29 is 13.9 Å². The lowest BCUT2D eigenvalue weighted by Crippen LogP contribution is -2.47. The van der Waals surface area contributed by atoms with E-state index < -0.39 is 0 Å². The molecule has 3 aromatic rings. The van der Waals surface area contributed by atoms with Crippen molar-refractivity contribution in [2.45, 2.75) is 25.9 Å². The third kappa shape index (κ3) is 4.66. The van der Waals surface area contributed by atoms with Gasteiger partial charge in [-0.2, -0.15) is 0 Å². The van der Waals surface area contributed by atoms with Crippen LogP contribution >= 0.6 is 0 Å². The summed E-state index contributed by atoms with van der Waals surface area (Å²) in [5.74, 6) is 1.64. The van der Waals surface area contributed by atoms with Crippen molar-refractivity contribution in [1.82, 2.24) is 20.2 Å². The molecule has 0 N–H and O–H groups in total. The molecule has 2 aliphatic heterocycles. The molecule has 0 saturated carbocycles. The number of benzene rings is 2. The van der Waals surface area contributed by atoms with E-state index in [0.717, 1.165) is 48.7 Å². The molecule has 0 unspecified atom stereocenters. The van der Waals surface area contributed by atoms with Gasteiger partial charge in [-0.25, -0.2) is 19.7 Å². The number of hydrogen-bond acceptors (Lipinski definition) is 6. The van der Waals surface area contributed by atoms with Gasteiger partial charge in [0.2, 0.25) is 11.8 Å². The Hall–Kier alpha value is -3.52. The maximum atomic E-state index is 13.2. The summed E-state index contributed by atoms with van der Waals surface area (Å²) in [6, 6.07) is 14.5. The SMILES string of the molecule is C[C@@H](c1ccc(F)cc1)N1CCN(c2cc(Oc3cccc4c3C[N]C(=O)C4)ncn2)CC1. The van der Waals surface area contributed by atoms with Crippen LogP contribution < -0.4 is 15.0 Å². The summed E-state index contributed by atoms with van der Waals surface area (Å²) in [5.41, 5.74) is 3.00. The third-order valence-corrected chi connectivity index (χ3v) is 6.37. The van der Waals surface area contributed by atoms with Crippen LogP contribution in [0.15, 0.2) is 54.9 Å². The van der Waals surface area contributed by atoms with Gasteiger partial charge in [-0.05, 0) is 36.2 Å². The Balaban J connectivity index is 1.25. The second-order valence-electron chi connectivity index (χ2n) is 8.35. The minimum atomic E-state index is -0.212. The van der Waals surface area contributed by atoms with E-state index in [0.29, 0.717) is 24.6 Å². The van der Waals surface area contributed by atoms with Crippen molar-refractivity contribution in [3.8, 4) is 11.6 Å². The fraction of sp³-hybridized carbons (Fsp3) is 0.320. The van der Waals surface area contributed by atoms with Gasteiger partial charge in [-0.3, -0.25) is 9.69 Å². The zero-order chi connectivity index (χ0) is 22.8. The molecule has 1 amide bonds. The number of hydrogen-bond donors (Lipinski definition) is 0. The minimum Gasteiger partial charge on any atom is -0.438 e. The van der Waals surface area contributed by atoms with Gasteiger partial charge < -0.3 is 9.64 Å². The number of amides is 1. The highest BCUT2D eigenvalue weighted by atomic mass is 19.1. The molecule has 1 saturated heterocycles. The van der Waals surface area contributed by atoms with E-state index in [9.17, 15) is 9.18 Å². The number of piperazine rings is 1. The highest BCUT2D eigenvalue weighted by Gasteiger charge is 2.24. The van der Waals surface area contributed by atoms with Crippen LogP contribution in [0.3, 0.4) is 0 Å². The first-order valence-electron chi connectivity index (χ1n) is 11.1. The van der Waals surface area contributed by atoms with Crippen LogP contribution in [0.1, 0.15) is 29.7 Å². The molecule has 0 bridgehead atoms. The Morgan fingerprint density at radius 3 is 2.61 bits per heavy atom. The van der Waals surface area contributed by atoms with E-state index in [1.54, 1.807) is 0 Å². The van der Waals surface area contributed by atoms with E-state index in [4.69, 9.17) is 4.74 Å². The second-order valence-corrected chi connectivity index (χ2v) is 8.35. The minimum absolute atomic E-state index is 0.100. The van der Waals surface area contributed by atoms with Gasteiger partial charge in [0.05, 0.1) is 13.0 Å². The lowest BCUT2D eigenvalue weighted by atomic mass is 10.00. The molecule has 33 heavy (non-hydrogen) atoms. The van der Waals surface area contributed by atoms with Crippen LogP contribution in [0, 0.1) is 5.82 Å². The molecule has 2 aliphatic rings. The molecule has 3 heterocycles. The van der Waals surface area contributed by atoms with E-state index in [1.807, 2.05) is 36.4 Å². The topological polar surface area (TPSA) is 72.7 Å². The number of anilines is 1. The van der Waals surface area contributed by atoms with Crippen molar-refractivity contribution in [2.24, 2.45) is 0 Å². The maximum Gasteiger partial charge on any atom is 0.245 e. The van der Waals surface area contributed by atoms with E-state index >= 15 is 0 Å². The predicted molar refractivity (Wildman–Crippen MR) is 122 cm³/mol.